The van der Waals surface area contributed by atoms with E-state index in [1.54, 1.807) is 12.1 Å². The van der Waals surface area contributed by atoms with Gasteiger partial charge in [-0.1, -0.05) is 41.4 Å². The summed E-state index contributed by atoms with van der Waals surface area (Å²) >= 11 is 18.2. The number of rotatable bonds is 1. The van der Waals surface area contributed by atoms with E-state index in [9.17, 15) is 5.11 Å². The summed E-state index contributed by atoms with van der Waals surface area (Å²) in [5.74, 6) is 0.571. The van der Waals surface area contributed by atoms with Gasteiger partial charge in [0.25, 0.3) is 0 Å². The number of phenolic OH excluding ortho intramolecular Hbond substituents is 1. The van der Waals surface area contributed by atoms with Crippen LogP contribution in [0.3, 0.4) is 0 Å². The topological polar surface area (TPSA) is 53.5 Å². The lowest BCUT2D eigenvalue weighted by Crippen LogP contribution is -2.65. The van der Waals surface area contributed by atoms with E-state index in [4.69, 9.17) is 40.2 Å². The minimum Gasteiger partial charge on any atom is -0.506 e. The second kappa shape index (κ2) is 6.43. The van der Waals surface area contributed by atoms with Crippen LogP contribution in [-0.4, -0.2) is 15.8 Å². The zero-order valence-corrected chi connectivity index (χ0v) is 17.3. The third-order valence-corrected chi connectivity index (χ3v) is 6.02. The maximum absolute atomic E-state index is 10.1. The van der Waals surface area contributed by atoms with E-state index >= 15 is 0 Å². The molecule has 0 bridgehead atoms. The molecule has 1 fully saturated rings. The van der Waals surface area contributed by atoms with E-state index in [0.29, 0.717) is 22.3 Å². The van der Waals surface area contributed by atoms with Gasteiger partial charge in [-0.15, -0.1) is 0 Å². The lowest BCUT2D eigenvalue weighted by Gasteiger charge is -2.51. The molecule has 0 aliphatic carbocycles. The number of hydrogen-bond donors (Lipinski definition) is 3. The van der Waals surface area contributed by atoms with Gasteiger partial charge in [0.1, 0.15) is 17.6 Å². The quantitative estimate of drug-likeness (QED) is 0.560. The molecule has 4 nitrogen and oxygen atoms in total. The number of thiocarbonyl (C=S) groups is 1. The number of ether oxygens (including phenoxy) is 1. The zero-order valence-electron chi connectivity index (χ0n) is 15.0. The molecule has 4 rings (SSSR count). The van der Waals surface area contributed by atoms with Gasteiger partial charge in [-0.25, -0.2) is 0 Å². The molecule has 7 heteroatoms. The largest absolute Gasteiger partial charge is 0.506 e. The molecule has 0 saturated carbocycles. The molecule has 2 aliphatic heterocycles. The summed E-state index contributed by atoms with van der Waals surface area (Å²) in [7, 11) is 0. The third-order valence-electron chi connectivity index (χ3n) is 5.17. The highest BCUT2D eigenvalue weighted by atomic mass is 35.5. The van der Waals surface area contributed by atoms with Crippen LogP contribution in [-0.2, 0) is 5.54 Å². The van der Waals surface area contributed by atoms with Gasteiger partial charge in [0.15, 0.2) is 5.11 Å². The first kappa shape index (κ1) is 18.7. The predicted octanol–water partition coefficient (Wildman–Crippen LogP) is 5.06. The van der Waals surface area contributed by atoms with Gasteiger partial charge in [0.2, 0.25) is 0 Å². The molecule has 1 spiro atoms. The Kier molecular flexibility index (Phi) is 4.45. The summed E-state index contributed by atoms with van der Waals surface area (Å²) < 4.78 is 6.26. The molecule has 1 saturated heterocycles. The van der Waals surface area contributed by atoms with Gasteiger partial charge < -0.3 is 20.5 Å². The summed E-state index contributed by atoms with van der Waals surface area (Å²) in [4.78, 5) is 0. The van der Waals surface area contributed by atoms with Gasteiger partial charge in [-0.3, -0.25) is 0 Å². The molecular formula is C20H20Cl2N2O2S. The maximum Gasteiger partial charge on any atom is 0.167 e. The highest BCUT2D eigenvalue weighted by molar-refractivity contribution is 7.80. The van der Waals surface area contributed by atoms with Gasteiger partial charge in [-0.2, -0.15) is 0 Å². The Labute approximate surface area is 173 Å². The molecule has 142 valence electrons. The van der Waals surface area contributed by atoms with Crippen molar-refractivity contribution in [1.29, 1.82) is 0 Å². The van der Waals surface area contributed by atoms with Crippen molar-refractivity contribution in [2.24, 2.45) is 0 Å². The van der Waals surface area contributed by atoms with Gasteiger partial charge >= 0.3 is 0 Å². The fourth-order valence-corrected chi connectivity index (χ4v) is 5.12. The first-order chi connectivity index (χ1) is 12.7. The van der Waals surface area contributed by atoms with Crippen LogP contribution in [0, 0.1) is 0 Å². The smallest absolute Gasteiger partial charge is 0.167 e. The van der Waals surface area contributed by atoms with Crippen LogP contribution in [0.1, 0.15) is 43.9 Å². The van der Waals surface area contributed by atoms with Crippen molar-refractivity contribution in [3.05, 3.63) is 57.6 Å². The van der Waals surface area contributed by atoms with Crippen molar-refractivity contribution >= 4 is 40.5 Å². The number of aromatic hydroxyl groups is 1. The molecule has 0 aromatic heterocycles. The van der Waals surface area contributed by atoms with Crippen LogP contribution in [0.2, 0.25) is 10.0 Å². The Balaban J connectivity index is 1.88. The highest BCUT2D eigenvalue weighted by Gasteiger charge is 2.49. The second-order valence-electron chi connectivity index (χ2n) is 7.85. The lowest BCUT2D eigenvalue weighted by molar-refractivity contribution is 0.0870. The fraction of sp³-hybridized carbons (Fsp3) is 0.350. The molecule has 0 unspecified atom stereocenters. The third kappa shape index (κ3) is 3.33. The second-order valence-corrected chi connectivity index (χ2v) is 9.08. The lowest BCUT2D eigenvalue weighted by atomic mass is 9.72. The molecular weight excluding hydrogens is 403 g/mol. The van der Waals surface area contributed by atoms with E-state index in [2.05, 4.69) is 24.5 Å². The van der Waals surface area contributed by atoms with Gasteiger partial charge in [0.05, 0.1) is 10.6 Å². The van der Waals surface area contributed by atoms with E-state index in [0.717, 1.165) is 17.5 Å². The van der Waals surface area contributed by atoms with Gasteiger partial charge in [0, 0.05) is 34.2 Å². The van der Waals surface area contributed by atoms with E-state index < -0.39 is 5.54 Å². The van der Waals surface area contributed by atoms with Crippen LogP contribution in [0.25, 0.3) is 0 Å². The van der Waals surface area contributed by atoms with Gasteiger partial charge in [-0.05, 0) is 44.6 Å². The van der Waals surface area contributed by atoms with Crippen LogP contribution in [0.4, 0.5) is 0 Å². The molecule has 2 aromatic carbocycles. The Bertz CT molecular complexity index is 934. The Morgan fingerprint density at radius 1 is 1.15 bits per heavy atom. The Hall–Kier alpha value is -1.69. The summed E-state index contributed by atoms with van der Waals surface area (Å²) in [6.07, 6.45) is 1.12. The number of nitrogens with one attached hydrogen (secondary N) is 2. The van der Waals surface area contributed by atoms with E-state index in [-0.39, 0.29) is 22.4 Å². The monoisotopic (exact) mass is 422 g/mol. The van der Waals surface area contributed by atoms with E-state index in [1.165, 1.54) is 0 Å². The van der Waals surface area contributed by atoms with Crippen molar-refractivity contribution < 1.29 is 9.84 Å². The molecule has 0 radical (unpaired) electrons. The normalized spacial score (nSPS) is 25.9. The number of phenols is 1. The molecule has 2 heterocycles. The molecule has 2 atom stereocenters. The standard InChI is InChI=1S/C20H20Cl2N2O2S/c1-19(2)10-20(24-18(27)23-19)9-17(11-5-3-4-6-13(11)21)26-16-8-15(25)14(22)7-12(16)20/h3-8,17,25H,9-10H2,1-2H3,(H2,23,24,27)/t17-,20-/m0/s1. The minimum atomic E-state index is -0.486. The van der Waals surface area contributed by atoms with E-state index in [1.807, 2.05) is 24.3 Å². The van der Waals surface area contributed by atoms with Crippen LogP contribution >= 0.6 is 35.4 Å². The molecule has 2 aliphatic rings. The fourth-order valence-electron chi connectivity index (χ4n) is 4.23. The summed E-state index contributed by atoms with van der Waals surface area (Å²) in [6, 6.07) is 11.0. The summed E-state index contributed by atoms with van der Waals surface area (Å²) in [5, 5.41) is 18.4. The van der Waals surface area contributed by atoms with Crippen molar-refractivity contribution in [3.8, 4) is 11.5 Å². The van der Waals surface area contributed by atoms with Crippen molar-refractivity contribution in [2.75, 3.05) is 0 Å². The SMILES string of the molecule is CC1(C)C[C@]2(C[C@@H](c3ccccc3Cl)Oc3cc(O)c(Cl)cc32)NC(=S)N1. The van der Waals surface area contributed by atoms with Crippen molar-refractivity contribution in [2.45, 2.75) is 43.9 Å². The number of hydrogen-bond acceptors (Lipinski definition) is 3. The zero-order chi connectivity index (χ0) is 19.4. The molecule has 0 amide bonds. The first-order valence-corrected chi connectivity index (χ1v) is 9.90. The number of halogens is 2. The summed E-state index contributed by atoms with van der Waals surface area (Å²) in [6.45, 7) is 4.23. The molecule has 27 heavy (non-hydrogen) atoms. The summed E-state index contributed by atoms with van der Waals surface area (Å²) in [5.41, 5.74) is 1.10. The Morgan fingerprint density at radius 2 is 1.89 bits per heavy atom. The first-order valence-electron chi connectivity index (χ1n) is 8.74. The Morgan fingerprint density at radius 3 is 2.59 bits per heavy atom. The van der Waals surface area contributed by atoms with Crippen molar-refractivity contribution in [1.82, 2.24) is 10.6 Å². The van der Waals surface area contributed by atoms with Crippen LogP contribution in [0.5, 0.6) is 11.5 Å². The van der Waals surface area contributed by atoms with Crippen LogP contribution < -0.4 is 15.4 Å². The number of benzene rings is 2. The number of fused-ring (bicyclic) bond motifs is 2. The maximum atomic E-state index is 10.1. The molecule has 3 N–H and O–H groups in total. The average Bonchev–Trinajstić information content (AvgIpc) is 2.55. The predicted molar refractivity (Wildman–Crippen MR) is 112 cm³/mol. The molecule has 2 aromatic rings. The minimum absolute atomic E-state index is 0.0128. The van der Waals surface area contributed by atoms with Crippen molar-refractivity contribution in [3.63, 3.8) is 0 Å². The highest BCUT2D eigenvalue weighted by Crippen LogP contribution is 2.51. The van der Waals surface area contributed by atoms with Crippen LogP contribution in [0.15, 0.2) is 36.4 Å². The average molecular weight is 423 g/mol.